The van der Waals surface area contributed by atoms with E-state index in [2.05, 4.69) is 31.2 Å². The number of amides is 1. The van der Waals surface area contributed by atoms with Gasteiger partial charge in [0.25, 0.3) is 0 Å². The van der Waals surface area contributed by atoms with E-state index in [1.165, 1.54) is 5.56 Å². The number of nitrogens with zero attached hydrogens (tertiary/aromatic N) is 2. The van der Waals surface area contributed by atoms with Gasteiger partial charge in [0, 0.05) is 25.2 Å². The van der Waals surface area contributed by atoms with Crippen molar-refractivity contribution in [2.45, 2.75) is 66.1 Å². The molecule has 1 saturated heterocycles. The highest BCUT2D eigenvalue weighted by Gasteiger charge is 2.25. The summed E-state index contributed by atoms with van der Waals surface area (Å²) in [6.45, 7) is 11.0. The molecule has 1 aromatic heterocycles. The Balaban J connectivity index is 1.85. The van der Waals surface area contributed by atoms with Crippen LogP contribution in [0, 0.1) is 25.7 Å². The average Bonchev–Trinajstić information content (AvgIpc) is 2.70. The van der Waals surface area contributed by atoms with Gasteiger partial charge in [-0.3, -0.25) is 9.48 Å². The van der Waals surface area contributed by atoms with Crippen LogP contribution in [0.25, 0.3) is 0 Å². The molecule has 5 nitrogen and oxygen atoms in total. The van der Waals surface area contributed by atoms with Crippen molar-refractivity contribution in [2.75, 3.05) is 6.54 Å². The topological polar surface area (TPSA) is 56.2 Å². The van der Waals surface area contributed by atoms with E-state index in [0.717, 1.165) is 37.2 Å². The molecule has 1 amide bonds. The van der Waals surface area contributed by atoms with Crippen molar-refractivity contribution < 1.29 is 9.53 Å². The highest BCUT2D eigenvalue weighted by atomic mass is 16.5. The number of nitrogens with one attached hydrogen (secondary N) is 1. The summed E-state index contributed by atoms with van der Waals surface area (Å²) < 4.78 is 7.65. The normalized spacial score (nSPS) is 26.1. The van der Waals surface area contributed by atoms with Gasteiger partial charge in [0.15, 0.2) is 0 Å². The van der Waals surface area contributed by atoms with Crippen LogP contribution in [0.5, 0.6) is 0 Å². The second-order valence-electron chi connectivity index (χ2n) is 7.22. The largest absolute Gasteiger partial charge is 0.376 e. The third-order valence-corrected chi connectivity index (χ3v) is 4.98. The number of ether oxygens (including phenoxy) is 1. The summed E-state index contributed by atoms with van der Waals surface area (Å²) in [7, 11) is 1.95. The van der Waals surface area contributed by atoms with E-state index in [4.69, 9.17) is 4.74 Å². The number of carbonyl (C=O) groups is 1. The zero-order valence-corrected chi connectivity index (χ0v) is 15.3. The highest BCUT2D eigenvalue weighted by Crippen LogP contribution is 2.24. The summed E-state index contributed by atoms with van der Waals surface area (Å²) in [6.07, 6.45) is 3.38. The molecule has 5 heteroatoms. The zero-order chi connectivity index (χ0) is 17.1. The highest BCUT2D eigenvalue weighted by molar-refractivity contribution is 5.78. The lowest BCUT2D eigenvalue weighted by molar-refractivity contribution is -0.125. The molecular formula is C18H31N3O2. The van der Waals surface area contributed by atoms with Crippen LogP contribution < -0.4 is 5.32 Å². The lowest BCUT2D eigenvalue weighted by Gasteiger charge is -2.32. The molecule has 130 valence electrons. The summed E-state index contributed by atoms with van der Waals surface area (Å²) in [5, 5.41) is 7.57. The Morgan fingerprint density at radius 2 is 1.96 bits per heavy atom. The molecule has 0 aromatic carbocycles. The molecule has 0 aliphatic carbocycles. The maximum Gasteiger partial charge on any atom is 0.223 e. The Morgan fingerprint density at radius 3 is 2.48 bits per heavy atom. The maximum atomic E-state index is 12.4. The molecule has 0 bridgehead atoms. The van der Waals surface area contributed by atoms with Crippen LogP contribution in [0.4, 0.5) is 0 Å². The van der Waals surface area contributed by atoms with Crippen LogP contribution >= 0.6 is 0 Å². The van der Waals surface area contributed by atoms with Gasteiger partial charge in [-0.25, -0.2) is 0 Å². The van der Waals surface area contributed by atoms with Crippen molar-refractivity contribution in [3.05, 3.63) is 17.0 Å². The van der Waals surface area contributed by atoms with Gasteiger partial charge >= 0.3 is 0 Å². The van der Waals surface area contributed by atoms with Gasteiger partial charge in [0.1, 0.15) is 0 Å². The van der Waals surface area contributed by atoms with Gasteiger partial charge in [-0.05, 0) is 58.4 Å². The summed E-state index contributed by atoms with van der Waals surface area (Å²) in [5.41, 5.74) is 3.37. The molecular weight excluding hydrogens is 290 g/mol. The second-order valence-corrected chi connectivity index (χ2v) is 7.22. The number of rotatable bonds is 5. The second kappa shape index (κ2) is 7.47. The molecule has 2 heterocycles. The van der Waals surface area contributed by atoms with Crippen molar-refractivity contribution in [1.29, 1.82) is 0 Å². The van der Waals surface area contributed by atoms with Gasteiger partial charge in [0.05, 0.1) is 17.9 Å². The molecule has 4 atom stereocenters. The molecule has 0 radical (unpaired) electrons. The lowest BCUT2D eigenvalue weighted by Crippen LogP contribution is -2.39. The van der Waals surface area contributed by atoms with E-state index in [0.29, 0.717) is 18.1 Å². The minimum atomic E-state index is -0.0358. The van der Waals surface area contributed by atoms with Crippen LogP contribution in [-0.2, 0) is 23.0 Å². The van der Waals surface area contributed by atoms with E-state index in [1.54, 1.807) is 0 Å². The standard InChI is InChI=1S/C18H31N3O2/c1-11(7-17-14(4)20-21(6)15(17)5)18(22)19-10-16-8-12(2)23-13(3)9-16/h11-13,16H,7-10H2,1-6H3,(H,19,22)/t11-,12-,13+,16?/m1/s1. The van der Waals surface area contributed by atoms with Gasteiger partial charge in [-0.1, -0.05) is 6.92 Å². The number of aromatic nitrogens is 2. The predicted octanol–water partition coefficient (Wildman–Crippen LogP) is 2.54. The summed E-state index contributed by atoms with van der Waals surface area (Å²) in [5.74, 6) is 0.623. The van der Waals surface area contributed by atoms with Crippen LogP contribution in [0.1, 0.15) is 50.6 Å². The number of aryl methyl sites for hydroxylation is 2. The van der Waals surface area contributed by atoms with Crippen molar-refractivity contribution in [3.63, 3.8) is 0 Å². The minimum absolute atomic E-state index is 0.0358. The molecule has 1 unspecified atom stereocenters. The zero-order valence-electron chi connectivity index (χ0n) is 15.3. The van der Waals surface area contributed by atoms with E-state index in [9.17, 15) is 4.79 Å². The van der Waals surface area contributed by atoms with Crippen molar-refractivity contribution in [2.24, 2.45) is 18.9 Å². The van der Waals surface area contributed by atoms with Crippen molar-refractivity contribution >= 4 is 5.91 Å². The molecule has 1 aliphatic heterocycles. The fourth-order valence-corrected chi connectivity index (χ4v) is 3.64. The Labute approximate surface area is 139 Å². The Hall–Kier alpha value is -1.36. The maximum absolute atomic E-state index is 12.4. The van der Waals surface area contributed by atoms with E-state index in [-0.39, 0.29) is 11.8 Å². The minimum Gasteiger partial charge on any atom is -0.376 e. The quantitative estimate of drug-likeness (QED) is 0.907. The first-order valence-corrected chi connectivity index (χ1v) is 8.70. The van der Waals surface area contributed by atoms with Crippen LogP contribution in [-0.4, -0.2) is 34.4 Å². The first-order chi connectivity index (χ1) is 10.8. The first kappa shape index (κ1) is 18.0. The fourth-order valence-electron chi connectivity index (χ4n) is 3.64. The van der Waals surface area contributed by atoms with Gasteiger partial charge < -0.3 is 10.1 Å². The number of hydrogen-bond donors (Lipinski definition) is 1. The van der Waals surface area contributed by atoms with E-state index in [1.807, 2.05) is 25.6 Å². The molecule has 23 heavy (non-hydrogen) atoms. The average molecular weight is 321 g/mol. The lowest BCUT2D eigenvalue weighted by atomic mass is 9.92. The molecule has 1 aromatic rings. The van der Waals surface area contributed by atoms with Crippen molar-refractivity contribution in [3.8, 4) is 0 Å². The molecule has 1 N–H and O–H groups in total. The number of carbonyl (C=O) groups excluding carboxylic acids is 1. The molecule has 0 saturated carbocycles. The fraction of sp³-hybridized carbons (Fsp3) is 0.778. The predicted molar refractivity (Wildman–Crippen MR) is 91.3 cm³/mol. The molecule has 1 fully saturated rings. The summed E-state index contributed by atoms with van der Waals surface area (Å²) in [6, 6.07) is 0. The third kappa shape index (κ3) is 4.56. The van der Waals surface area contributed by atoms with E-state index < -0.39 is 0 Å². The summed E-state index contributed by atoms with van der Waals surface area (Å²) in [4.78, 5) is 12.4. The number of hydrogen-bond acceptors (Lipinski definition) is 3. The molecule has 1 aliphatic rings. The Kier molecular flexibility index (Phi) is 5.84. The monoisotopic (exact) mass is 321 g/mol. The van der Waals surface area contributed by atoms with Crippen LogP contribution in [0.15, 0.2) is 0 Å². The Morgan fingerprint density at radius 1 is 1.35 bits per heavy atom. The SMILES string of the molecule is Cc1nn(C)c(C)c1C[C@@H](C)C(=O)NCC1C[C@@H](C)O[C@@H](C)C1. The van der Waals surface area contributed by atoms with Gasteiger partial charge in [-0.2, -0.15) is 5.10 Å². The first-order valence-electron chi connectivity index (χ1n) is 8.70. The third-order valence-electron chi connectivity index (χ3n) is 4.98. The Bertz CT molecular complexity index is 543. The smallest absolute Gasteiger partial charge is 0.223 e. The van der Waals surface area contributed by atoms with Crippen LogP contribution in [0.2, 0.25) is 0 Å². The van der Waals surface area contributed by atoms with Gasteiger partial charge in [-0.15, -0.1) is 0 Å². The van der Waals surface area contributed by atoms with E-state index >= 15 is 0 Å². The van der Waals surface area contributed by atoms with Crippen molar-refractivity contribution in [1.82, 2.24) is 15.1 Å². The molecule has 0 spiro atoms. The van der Waals surface area contributed by atoms with Gasteiger partial charge in [0.2, 0.25) is 5.91 Å². The summed E-state index contributed by atoms with van der Waals surface area (Å²) >= 11 is 0. The molecule has 2 rings (SSSR count). The van der Waals surface area contributed by atoms with Crippen LogP contribution in [0.3, 0.4) is 0 Å².